The summed E-state index contributed by atoms with van der Waals surface area (Å²) in [5.41, 5.74) is 4.36. The van der Waals surface area contributed by atoms with E-state index in [1.54, 1.807) is 7.11 Å². The van der Waals surface area contributed by atoms with Crippen LogP contribution in [0.1, 0.15) is 56.8 Å². The number of rotatable bonds is 4. The summed E-state index contributed by atoms with van der Waals surface area (Å²) in [7, 11) is 1.67. The van der Waals surface area contributed by atoms with Gasteiger partial charge in [-0.05, 0) is 61.8 Å². The Morgan fingerprint density at radius 2 is 2.07 bits per heavy atom. The molecule has 1 heterocycles. The van der Waals surface area contributed by atoms with Gasteiger partial charge < -0.3 is 10.1 Å². The predicted molar refractivity (Wildman–Crippen MR) is 105 cm³/mol. The zero-order chi connectivity index (χ0) is 19.0. The Bertz CT molecular complexity index is 877. The summed E-state index contributed by atoms with van der Waals surface area (Å²) in [4.78, 5) is 12.7. The molecule has 5 heteroatoms. The number of allylic oxidation sites excluding steroid dienone is 1. The van der Waals surface area contributed by atoms with Gasteiger partial charge in [0.15, 0.2) is 0 Å². The number of aromatic nitrogens is 2. The standard InChI is InChI=1S/C22H27N3O2/c1-22(2)12-19(24-21(26)15-6-4-5-7-15)18-14-23-25(20(18)13-22)16-8-10-17(27-3)11-9-16/h6,8-11,14,19H,4-5,7,12-13H2,1-3H3,(H,24,26)/t19-/m0/s1. The van der Waals surface area contributed by atoms with Crippen molar-refractivity contribution >= 4 is 5.91 Å². The van der Waals surface area contributed by atoms with Gasteiger partial charge >= 0.3 is 0 Å². The molecule has 1 N–H and O–H groups in total. The Labute approximate surface area is 160 Å². The molecular weight excluding hydrogens is 338 g/mol. The van der Waals surface area contributed by atoms with Crippen LogP contribution in [-0.4, -0.2) is 22.8 Å². The van der Waals surface area contributed by atoms with Gasteiger partial charge in [0.1, 0.15) is 5.75 Å². The molecule has 0 saturated heterocycles. The fourth-order valence-corrected chi connectivity index (χ4v) is 4.25. The number of amides is 1. The third-order valence-corrected chi connectivity index (χ3v) is 5.63. The summed E-state index contributed by atoms with van der Waals surface area (Å²) in [6, 6.07) is 7.94. The first-order chi connectivity index (χ1) is 13.0. The maximum Gasteiger partial charge on any atom is 0.247 e. The van der Waals surface area contributed by atoms with Crippen LogP contribution in [0.2, 0.25) is 0 Å². The molecule has 0 saturated carbocycles. The van der Waals surface area contributed by atoms with E-state index in [1.807, 2.05) is 35.1 Å². The summed E-state index contributed by atoms with van der Waals surface area (Å²) in [6.07, 6.45) is 8.84. The van der Waals surface area contributed by atoms with Crippen LogP contribution in [-0.2, 0) is 11.2 Å². The van der Waals surface area contributed by atoms with Crippen LogP contribution in [0.5, 0.6) is 5.75 Å². The Morgan fingerprint density at radius 1 is 1.30 bits per heavy atom. The number of carbonyl (C=O) groups is 1. The first-order valence-corrected chi connectivity index (χ1v) is 9.68. The van der Waals surface area contributed by atoms with Gasteiger partial charge in [0.05, 0.1) is 30.7 Å². The summed E-state index contributed by atoms with van der Waals surface area (Å²) >= 11 is 0. The van der Waals surface area contributed by atoms with E-state index in [2.05, 4.69) is 30.3 Å². The lowest BCUT2D eigenvalue weighted by atomic mass is 9.74. The Kier molecular flexibility index (Phi) is 4.54. The zero-order valence-corrected chi connectivity index (χ0v) is 16.3. The largest absolute Gasteiger partial charge is 0.497 e. The van der Waals surface area contributed by atoms with E-state index >= 15 is 0 Å². The highest BCUT2D eigenvalue weighted by Crippen LogP contribution is 2.41. The van der Waals surface area contributed by atoms with Crippen LogP contribution in [0.3, 0.4) is 0 Å². The minimum atomic E-state index is 0.00440. The zero-order valence-electron chi connectivity index (χ0n) is 16.3. The molecule has 2 aromatic rings. The average Bonchev–Trinajstić information content (AvgIpc) is 3.31. The van der Waals surface area contributed by atoms with Gasteiger partial charge in [-0.15, -0.1) is 0 Å². The van der Waals surface area contributed by atoms with Crippen molar-refractivity contribution < 1.29 is 9.53 Å². The van der Waals surface area contributed by atoms with Gasteiger partial charge in [0, 0.05) is 11.1 Å². The fourth-order valence-electron chi connectivity index (χ4n) is 4.25. The summed E-state index contributed by atoms with van der Waals surface area (Å²) in [5.74, 6) is 0.911. The minimum absolute atomic E-state index is 0.00440. The molecule has 0 spiro atoms. The molecular formula is C22H27N3O2. The number of methoxy groups -OCH3 is 1. The van der Waals surface area contributed by atoms with Crippen LogP contribution in [0.4, 0.5) is 0 Å². The fraction of sp³-hybridized carbons (Fsp3) is 0.455. The molecule has 1 atom stereocenters. The van der Waals surface area contributed by atoms with Gasteiger partial charge in [-0.3, -0.25) is 4.79 Å². The van der Waals surface area contributed by atoms with Crippen molar-refractivity contribution in [2.45, 2.75) is 52.0 Å². The van der Waals surface area contributed by atoms with Gasteiger partial charge in [-0.1, -0.05) is 19.9 Å². The van der Waals surface area contributed by atoms with Crippen LogP contribution >= 0.6 is 0 Å². The summed E-state index contributed by atoms with van der Waals surface area (Å²) in [5, 5.41) is 7.93. The van der Waals surface area contributed by atoms with Crippen LogP contribution in [0, 0.1) is 5.41 Å². The lowest BCUT2D eigenvalue weighted by molar-refractivity contribution is -0.118. The van der Waals surface area contributed by atoms with E-state index in [-0.39, 0.29) is 17.4 Å². The molecule has 27 heavy (non-hydrogen) atoms. The number of ether oxygens (including phenoxy) is 1. The molecule has 0 aliphatic heterocycles. The van der Waals surface area contributed by atoms with Crippen LogP contribution in [0.15, 0.2) is 42.1 Å². The smallest absolute Gasteiger partial charge is 0.247 e. The van der Waals surface area contributed by atoms with Gasteiger partial charge in [-0.25, -0.2) is 4.68 Å². The molecule has 0 fully saturated rings. The first kappa shape index (κ1) is 17.8. The number of hydrogen-bond acceptors (Lipinski definition) is 3. The van der Waals surface area contributed by atoms with Gasteiger partial charge in [0.25, 0.3) is 0 Å². The molecule has 2 aliphatic rings. The summed E-state index contributed by atoms with van der Waals surface area (Å²) < 4.78 is 7.26. The van der Waals surface area contributed by atoms with Gasteiger partial charge in [-0.2, -0.15) is 5.10 Å². The predicted octanol–water partition coefficient (Wildman–Crippen LogP) is 4.12. The van der Waals surface area contributed by atoms with Crippen LogP contribution < -0.4 is 10.1 Å². The number of fused-ring (bicyclic) bond motifs is 1. The Balaban J connectivity index is 1.65. The second kappa shape index (κ2) is 6.87. The third kappa shape index (κ3) is 3.51. The second-order valence-electron chi connectivity index (χ2n) is 8.35. The Hall–Kier alpha value is -2.56. The van der Waals surface area contributed by atoms with Crippen molar-refractivity contribution in [3.63, 3.8) is 0 Å². The van der Waals surface area contributed by atoms with E-state index in [0.29, 0.717) is 0 Å². The second-order valence-corrected chi connectivity index (χ2v) is 8.35. The SMILES string of the molecule is COc1ccc(-n2ncc3c2CC(C)(C)C[C@@H]3NC(=O)C2=CCCC2)cc1. The van der Waals surface area contributed by atoms with Crippen molar-refractivity contribution in [1.29, 1.82) is 0 Å². The number of nitrogens with zero attached hydrogens (tertiary/aromatic N) is 2. The van der Waals surface area contributed by atoms with Crippen molar-refractivity contribution in [2.75, 3.05) is 7.11 Å². The maximum atomic E-state index is 12.7. The molecule has 2 aliphatic carbocycles. The topological polar surface area (TPSA) is 56.1 Å². The average molecular weight is 365 g/mol. The molecule has 0 unspecified atom stereocenters. The molecule has 142 valence electrons. The first-order valence-electron chi connectivity index (χ1n) is 9.68. The monoisotopic (exact) mass is 365 g/mol. The summed E-state index contributed by atoms with van der Waals surface area (Å²) in [6.45, 7) is 4.52. The van der Waals surface area contributed by atoms with E-state index in [9.17, 15) is 4.79 Å². The minimum Gasteiger partial charge on any atom is -0.497 e. The van der Waals surface area contributed by atoms with E-state index in [1.165, 1.54) is 5.69 Å². The number of nitrogens with one attached hydrogen (secondary N) is 1. The van der Waals surface area contributed by atoms with Crippen molar-refractivity contribution in [2.24, 2.45) is 5.41 Å². The van der Waals surface area contributed by atoms with Crippen molar-refractivity contribution in [3.8, 4) is 11.4 Å². The van der Waals surface area contributed by atoms with E-state index in [0.717, 1.165) is 54.7 Å². The quantitative estimate of drug-likeness (QED) is 0.887. The molecule has 1 aromatic heterocycles. The number of hydrogen-bond donors (Lipinski definition) is 1. The molecule has 1 aromatic carbocycles. The van der Waals surface area contributed by atoms with Crippen LogP contribution in [0.25, 0.3) is 5.69 Å². The molecule has 0 bridgehead atoms. The van der Waals surface area contributed by atoms with E-state index < -0.39 is 0 Å². The lowest BCUT2D eigenvalue weighted by Crippen LogP contribution is -2.37. The molecule has 4 rings (SSSR count). The van der Waals surface area contributed by atoms with Crippen molar-refractivity contribution in [3.05, 3.63) is 53.4 Å². The highest BCUT2D eigenvalue weighted by Gasteiger charge is 2.36. The number of carbonyl (C=O) groups excluding carboxylic acids is 1. The normalized spacial score (nSPS) is 20.7. The highest BCUT2D eigenvalue weighted by atomic mass is 16.5. The third-order valence-electron chi connectivity index (χ3n) is 5.63. The Morgan fingerprint density at radius 3 is 2.74 bits per heavy atom. The number of benzene rings is 1. The van der Waals surface area contributed by atoms with Gasteiger partial charge in [0.2, 0.25) is 5.91 Å². The molecule has 1 amide bonds. The molecule has 5 nitrogen and oxygen atoms in total. The van der Waals surface area contributed by atoms with Crippen molar-refractivity contribution in [1.82, 2.24) is 15.1 Å². The maximum absolute atomic E-state index is 12.7. The highest BCUT2D eigenvalue weighted by molar-refractivity contribution is 5.94. The molecule has 0 radical (unpaired) electrons. The lowest BCUT2D eigenvalue weighted by Gasteiger charge is -2.36. The van der Waals surface area contributed by atoms with E-state index in [4.69, 9.17) is 4.74 Å².